The van der Waals surface area contributed by atoms with Gasteiger partial charge in [0, 0.05) is 12.1 Å². The number of aromatic amines is 1. The molecule has 6 heteroatoms. The Hall–Kier alpha value is -2.08. The van der Waals surface area contributed by atoms with Crippen molar-refractivity contribution < 1.29 is 9.26 Å². The number of aromatic nitrogens is 3. The predicted molar refractivity (Wildman–Crippen MR) is 74.0 cm³/mol. The summed E-state index contributed by atoms with van der Waals surface area (Å²) in [4.78, 5) is 3.16. The lowest BCUT2D eigenvalue weighted by molar-refractivity contribution is 0.373. The molecule has 5 nitrogen and oxygen atoms in total. The van der Waals surface area contributed by atoms with Crippen LogP contribution in [0.4, 0.5) is 0 Å². The van der Waals surface area contributed by atoms with Crippen molar-refractivity contribution in [1.82, 2.24) is 14.7 Å². The number of imidazole rings is 1. The molecule has 0 saturated heterocycles. The van der Waals surface area contributed by atoms with Gasteiger partial charge in [-0.2, -0.15) is 0 Å². The summed E-state index contributed by atoms with van der Waals surface area (Å²) in [5, 5.41) is 3.88. The molecule has 3 aromatic rings. The molecule has 1 N–H and O–H groups in total. The molecule has 0 radical (unpaired) electrons. The van der Waals surface area contributed by atoms with E-state index >= 15 is 0 Å². The third kappa shape index (κ3) is 2.15. The van der Waals surface area contributed by atoms with Crippen molar-refractivity contribution >= 4 is 23.3 Å². The first-order valence-corrected chi connectivity index (χ1v) is 6.27. The fraction of sp³-hybridized carbons (Fsp3) is 0.231. The maximum absolute atomic E-state index is 5.34. The van der Waals surface area contributed by atoms with E-state index in [4.69, 9.17) is 21.5 Å². The van der Waals surface area contributed by atoms with Crippen molar-refractivity contribution in [2.75, 3.05) is 7.11 Å². The average molecular weight is 275 g/mol. The Balaban J connectivity index is 2.08. The molecule has 0 amide bonds. The van der Waals surface area contributed by atoms with Gasteiger partial charge in [-0.1, -0.05) is 5.16 Å². The third-order valence-electron chi connectivity index (χ3n) is 2.97. The minimum atomic E-state index is 0.562. The van der Waals surface area contributed by atoms with Crippen LogP contribution in [0.15, 0.2) is 28.8 Å². The van der Waals surface area contributed by atoms with Crippen LogP contribution in [0.25, 0.3) is 11.0 Å². The molecule has 2 heterocycles. The van der Waals surface area contributed by atoms with E-state index in [-0.39, 0.29) is 0 Å². The van der Waals surface area contributed by atoms with E-state index in [2.05, 4.69) is 10.1 Å². The second-order valence-corrected chi connectivity index (χ2v) is 4.72. The number of ether oxygens (including phenoxy) is 1. The minimum absolute atomic E-state index is 0.562. The largest absolute Gasteiger partial charge is 0.497 e. The molecule has 0 bridgehead atoms. The highest BCUT2D eigenvalue weighted by atomic mass is 32.1. The number of nitrogens with zero attached hydrogens (tertiary/aromatic N) is 2. The summed E-state index contributed by atoms with van der Waals surface area (Å²) in [5.41, 5.74) is 2.82. The molecular weight excluding hydrogens is 262 g/mol. The molecule has 0 saturated carbocycles. The fourth-order valence-electron chi connectivity index (χ4n) is 2.07. The Morgan fingerprint density at radius 1 is 1.42 bits per heavy atom. The van der Waals surface area contributed by atoms with Crippen LogP contribution < -0.4 is 4.74 Å². The van der Waals surface area contributed by atoms with Crippen LogP contribution in [0.3, 0.4) is 0 Å². The summed E-state index contributed by atoms with van der Waals surface area (Å²) in [5.74, 6) is 1.58. The van der Waals surface area contributed by atoms with Crippen LogP contribution in [0, 0.1) is 11.7 Å². The number of hydrogen-bond acceptors (Lipinski definition) is 4. The summed E-state index contributed by atoms with van der Waals surface area (Å²) in [6, 6.07) is 7.72. The smallest absolute Gasteiger partial charge is 0.178 e. The molecule has 0 aliphatic heterocycles. The van der Waals surface area contributed by atoms with E-state index in [0.717, 1.165) is 28.2 Å². The van der Waals surface area contributed by atoms with Gasteiger partial charge in [0.15, 0.2) is 10.5 Å². The van der Waals surface area contributed by atoms with E-state index < -0.39 is 0 Å². The number of benzene rings is 1. The van der Waals surface area contributed by atoms with E-state index in [9.17, 15) is 0 Å². The maximum atomic E-state index is 5.34. The Morgan fingerprint density at radius 3 is 2.95 bits per heavy atom. The second kappa shape index (κ2) is 4.55. The lowest BCUT2D eigenvalue weighted by Gasteiger charge is -2.02. The lowest BCUT2D eigenvalue weighted by atomic mass is 10.3. The molecule has 0 spiro atoms. The topological polar surface area (TPSA) is 56.0 Å². The number of nitrogens with one attached hydrogen (secondary N) is 1. The fourth-order valence-corrected chi connectivity index (χ4v) is 2.35. The van der Waals surface area contributed by atoms with Gasteiger partial charge >= 0.3 is 0 Å². The quantitative estimate of drug-likeness (QED) is 0.746. The first-order chi connectivity index (χ1) is 9.17. The van der Waals surface area contributed by atoms with Gasteiger partial charge in [-0.3, -0.25) is 0 Å². The number of methoxy groups -OCH3 is 1. The normalized spacial score (nSPS) is 11.1. The minimum Gasteiger partial charge on any atom is -0.497 e. The van der Waals surface area contributed by atoms with Gasteiger partial charge in [0.05, 0.1) is 30.4 Å². The maximum Gasteiger partial charge on any atom is 0.178 e. The van der Waals surface area contributed by atoms with Gasteiger partial charge in [0.25, 0.3) is 0 Å². The van der Waals surface area contributed by atoms with Crippen LogP contribution in [-0.4, -0.2) is 21.8 Å². The first kappa shape index (κ1) is 12.0. The standard InChI is InChI=1S/C13H13N3O2S/c1-8-5-10(18-15-8)7-16-12-4-3-9(17-2)6-11(12)14-13(16)19/h3-6H,7H2,1-2H3,(H,14,19). The van der Waals surface area contributed by atoms with E-state index in [0.29, 0.717) is 11.3 Å². The van der Waals surface area contributed by atoms with Gasteiger partial charge < -0.3 is 18.8 Å². The SMILES string of the molecule is COc1ccc2c(c1)[nH]c(=S)n2Cc1cc(C)no1. The van der Waals surface area contributed by atoms with Crippen molar-refractivity contribution in [3.8, 4) is 5.75 Å². The monoisotopic (exact) mass is 275 g/mol. The number of rotatable bonds is 3. The summed E-state index contributed by atoms with van der Waals surface area (Å²) >= 11 is 5.34. The Labute approximate surface area is 114 Å². The summed E-state index contributed by atoms with van der Waals surface area (Å²) in [6.45, 7) is 2.46. The molecule has 0 fully saturated rings. The second-order valence-electron chi connectivity index (χ2n) is 4.33. The van der Waals surface area contributed by atoms with Gasteiger partial charge in [-0.25, -0.2) is 0 Å². The van der Waals surface area contributed by atoms with E-state index in [1.54, 1.807) is 7.11 Å². The van der Waals surface area contributed by atoms with Gasteiger partial charge in [-0.05, 0) is 31.3 Å². The number of H-pyrrole nitrogens is 1. The van der Waals surface area contributed by atoms with Crippen molar-refractivity contribution in [3.63, 3.8) is 0 Å². The Morgan fingerprint density at radius 2 is 2.26 bits per heavy atom. The summed E-state index contributed by atoms with van der Waals surface area (Å²) < 4.78 is 13.1. The van der Waals surface area contributed by atoms with E-state index in [1.807, 2.05) is 35.8 Å². The summed E-state index contributed by atoms with van der Waals surface area (Å²) in [7, 11) is 1.64. The van der Waals surface area contributed by atoms with Crippen molar-refractivity contribution in [1.29, 1.82) is 0 Å². The zero-order chi connectivity index (χ0) is 13.4. The molecule has 0 aliphatic rings. The van der Waals surface area contributed by atoms with Crippen LogP contribution >= 0.6 is 12.2 Å². The highest BCUT2D eigenvalue weighted by Gasteiger charge is 2.08. The molecule has 19 heavy (non-hydrogen) atoms. The van der Waals surface area contributed by atoms with Crippen molar-refractivity contribution in [3.05, 3.63) is 40.5 Å². The molecule has 0 atom stereocenters. The zero-order valence-electron chi connectivity index (χ0n) is 10.6. The molecule has 0 aliphatic carbocycles. The van der Waals surface area contributed by atoms with Crippen LogP contribution in [0.1, 0.15) is 11.5 Å². The molecule has 1 aromatic carbocycles. The number of fused-ring (bicyclic) bond motifs is 1. The first-order valence-electron chi connectivity index (χ1n) is 5.86. The molecule has 2 aromatic heterocycles. The Bertz CT molecular complexity index is 785. The summed E-state index contributed by atoms with van der Waals surface area (Å²) in [6.07, 6.45) is 0. The van der Waals surface area contributed by atoms with Crippen molar-refractivity contribution in [2.45, 2.75) is 13.5 Å². The average Bonchev–Trinajstić information content (AvgIpc) is 2.94. The van der Waals surface area contributed by atoms with Gasteiger partial charge in [0.2, 0.25) is 0 Å². The number of hydrogen-bond donors (Lipinski definition) is 1. The highest BCUT2D eigenvalue weighted by molar-refractivity contribution is 7.71. The third-order valence-corrected chi connectivity index (χ3v) is 3.29. The number of aryl methyl sites for hydroxylation is 1. The zero-order valence-corrected chi connectivity index (χ0v) is 11.5. The van der Waals surface area contributed by atoms with Crippen LogP contribution in [0.5, 0.6) is 5.75 Å². The van der Waals surface area contributed by atoms with Crippen molar-refractivity contribution in [2.24, 2.45) is 0 Å². The van der Waals surface area contributed by atoms with Gasteiger partial charge in [-0.15, -0.1) is 0 Å². The molecule has 98 valence electrons. The van der Waals surface area contributed by atoms with Crippen LogP contribution in [-0.2, 0) is 6.54 Å². The highest BCUT2D eigenvalue weighted by Crippen LogP contribution is 2.21. The van der Waals surface area contributed by atoms with Crippen LogP contribution in [0.2, 0.25) is 0 Å². The molecule has 0 unspecified atom stereocenters. The van der Waals surface area contributed by atoms with Gasteiger partial charge in [0.1, 0.15) is 5.75 Å². The van der Waals surface area contributed by atoms with E-state index in [1.165, 1.54) is 0 Å². The lowest BCUT2D eigenvalue weighted by Crippen LogP contribution is -1.98. The predicted octanol–water partition coefficient (Wildman–Crippen LogP) is 3.05. The molecular formula is C13H13N3O2S. The Kier molecular flexibility index (Phi) is 2.87. The molecule has 3 rings (SSSR count).